The molecule has 0 aromatic rings. The molecule has 80 valence electrons. The van der Waals surface area contributed by atoms with E-state index in [2.05, 4.69) is 4.74 Å². The first-order valence-electron chi connectivity index (χ1n) is 4.80. The molecule has 0 amide bonds. The Balaban J connectivity index is 3.54. The van der Waals surface area contributed by atoms with E-state index in [1.54, 1.807) is 12.2 Å². The summed E-state index contributed by atoms with van der Waals surface area (Å²) in [6.45, 7) is 1.95. The van der Waals surface area contributed by atoms with Crippen LogP contribution in [0, 0.1) is 0 Å². The Morgan fingerprint density at radius 3 is 2.79 bits per heavy atom. The monoisotopic (exact) mass is 198 g/mol. The number of allylic oxidation sites excluding steroid dienone is 3. The van der Waals surface area contributed by atoms with E-state index in [-0.39, 0.29) is 12.1 Å². The smallest absolute Gasteiger partial charge is 0.330 e. The van der Waals surface area contributed by atoms with Crippen LogP contribution in [0.15, 0.2) is 24.3 Å². The Labute approximate surface area is 85.1 Å². The molecule has 0 radical (unpaired) electrons. The van der Waals surface area contributed by atoms with E-state index >= 15 is 0 Å². The van der Waals surface area contributed by atoms with E-state index in [0.717, 1.165) is 19.3 Å². The highest BCUT2D eigenvalue weighted by molar-refractivity contribution is 5.82. The standard InChI is InChI=1S/C11H18O3/c1-3-10(12)8-6-4-5-7-9-11(13)14-2/h4-5,7,9-10,12H,3,6,8H2,1-2H3. The molecule has 0 aliphatic carbocycles. The normalized spacial score (nSPS) is 13.6. The Kier molecular flexibility index (Phi) is 7.84. The van der Waals surface area contributed by atoms with Crippen LogP contribution in [-0.4, -0.2) is 24.3 Å². The number of carbonyl (C=O) groups excluding carboxylic acids is 1. The van der Waals surface area contributed by atoms with Gasteiger partial charge in [-0.1, -0.05) is 25.2 Å². The number of hydrogen-bond donors (Lipinski definition) is 1. The molecule has 0 aromatic carbocycles. The summed E-state index contributed by atoms with van der Waals surface area (Å²) in [5.41, 5.74) is 0. The van der Waals surface area contributed by atoms with Crippen molar-refractivity contribution in [1.82, 2.24) is 0 Å². The van der Waals surface area contributed by atoms with Gasteiger partial charge in [0.2, 0.25) is 0 Å². The molecule has 3 heteroatoms. The summed E-state index contributed by atoms with van der Waals surface area (Å²) in [5, 5.41) is 9.21. The van der Waals surface area contributed by atoms with Gasteiger partial charge in [-0.2, -0.15) is 0 Å². The van der Waals surface area contributed by atoms with E-state index in [1.807, 2.05) is 13.0 Å². The van der Waals surface area contributed by atoms with Crippen molar-refractivity contribution in [3.8, 4) is 0 Å². The summed E-state index contributed by atoms with van der Waals surface area (Å²) in [6, 6.07) is 0. The van der Waals surface area contributed by atoms with Gasteiger partial charge in [0.1, 0.15) is 0 Å². The molecule has 3 nitrogen and oxygen atoms in total. The van der Waals surface area contributed by atoms with E-state index in [4.69, 9.17) is 0 Å². The van der Waals surface area contributed by atoms with E-state index in [9.17, 15) is 9.90 Å². The second-order valence-electron chi connectivity index (χ2n) is 2.95. The van der Waals surface area contributed by atoms with Gasteiger partial charge >= 0.3 is 5.97 Å². The zero-order valence-corrected chi connectivity index (χ0v) is 8.77. The number of aliphatic hydroxyl groups excluding tert-OH is 1. The minimum atomic E-state index is -0.358. The van der Waals surface area contributed by atoms with Gasteiger partial charge in [-0.15, -0.1) is 0 Å². The highest BCUT2D eigenvalue weighted by atomic mass is 16.5. The molecule has 0 aliphatic heterocycles. The van der Waals surface area contributed by atoms with Crippen molar-refractivity contribution in [2.75, 3.05) is 7.11 Å². The molecule has 0 aliphatic rings. The van der Waals surface area contributed by atoms with E-state index in [1.165, 1.54) is 13.2 Å². The van der Waals surface area contributed by atoms with Gasteiger partial charge in [0.05, 0.1) is 13.2 Å². The molecule has 14 heavy (non-hydrogen) atoms. The second-order valence-corrected chi connectivity index (χ2v) is 2.95. The third-order valence-electron chi connectivity index (χ3n) is 1.82. The van der Waals surface area contributed by atoms with Gasteiger partial charge in [0.15, 0.2) is 0 Å². The molecular formula is C11H18O3. The van der Waals surface area contributed by atoms with Crippen molar-refractivity contribution in [2.45, 2.75) is 32.3 Å². The lowest BCUT2D eigenvalue weighted by atomic mass is 10.1. The highest BCUT2D eigenvalue weighted by Gasteiger charge is 1.96. The molecular weight excluding hydrogens is 180 g/mol. The van der Waals surface area contributed by atoms with Gasteiger partial charge in [-0.3, -0.25) is 0 Å². The van der Waals surface area contributed by atoms with Crippen LogP contribution in [0.5, 0.6) is 0 Å². The van der Waals surface area contributed by atoms with Crippen molar-refractivity contribution >= 4 is 5.97 Å². The SMILES string of the molecule is CCC(O)CCC=CC=CC(=O)OC. The van der Waals surface area contributed by atoms with Gasteiger partial charge in [0, 0.05) is 6.08 Å². The molecule has 0 aromatic heterocycles. The Bertz CT molecular complexity index is 207. The summed E-state index contributed by atoms with van der Waals surface area (Å²) in [7, 11) is 1.34. The minimum absolute atomic E-state index is 0.218. The fourth-order valence-corrected chi connectivity index (χ4v) is 0.870. The predicted octanol–water partition coefficient (Wildman–Crippen LogP) is 1.82. The number of hydrogen-bond acceptors (Lipinski definition) is 3. The van der Waals surface area contributed by atoms with Crippen LogP contribution < -0.4 is 0 Å². The molecule has 0 saturated heterocycles. The summed E-state index contributed by atoms with van der Waals surface area (Å²) < 4.78 is 4.41. The molecule has 0 bridgehead atoms. The van der Waals surface area contributed by atoms with E-state index in [0.29, 0.717) is 0 Å². The second kappa shape index (κ2) is 8.51. The zero-order chi connectivity index (χ0) is 10.8. The molecule has 1 unspecified atom stereocenters. The first-order valence-corrected chi connectivity index (χ1v) is 4.80. The number of methoxy groups -OCH3 is 1. The first kappa shape index (κ1) is 12.9. The van der Waals surface area contributed by atoms with Crippen LogP contribution in [-0.2, 0) is 9.53 Å². The number of esters is 1. The van der Waals surface area contributed by atoms with Crippen molar-refractivity contribution in [3.63, 3.8) is 0 Å². The van der Waals surface area contributed by atoms with Crippen molar-refractivity contribution in [3.05, 3.63) is 24.3 Å². The fourth-order valence-electron chi connectivity index (χ4n) is 0.870. The molecule has 0 spiro atoms. The summed E-state index contributed by atoms with van der Waals surface area (Å²) >= 11 is 0. The van der Waals surface area contributed by atoms with Crippen molar-refractivity contribution in [2.24, 2.45) is 0 Å². The Hall–Kier alpha value is -1.09. The average Bonchev–Trinajstić information content (AvgIpc) is 2.22. The molecule has 1 N–H and O–H groups in total. The number of ether oxygens (including phenoxy) is 1. The Morgan fingerprint density at radius 2 is 2.21 bits per heavy atom. The quantitative estimate of drug-likeness (QED) is 0.402. The van der Waals surface area contributed by atoms with Gasteiger partial charge < -0.3 is 9.84 Å². The first-order chi connectivity index (χ1) is 6.70. The van der Waals surface area contributed by atoms with Crippen LogP contribution >= 0.6 is 0 Å². The number of carbonyl (C=O) groups is 1. The van der Waals surface area contributed by atoms with Crippen LogP contribution in [0.25, 0.3) is 0 Å². The van der Waals surface area contributed by atoms with Crippen LogP contribution in [0.1, 0.15) is 26.2 Å². The topological polar surface area (TPSA) is 46.5 Å². The number of aliphatic hydroxyl groups is 1. The summed E-state index contributed by atoms with van der Waals surface area (Å²) in [5.74, 6) is -0.358. The maximum absolute atomic E-state index is 10.6. The molecule has 0 saturated carbocycles. The third kappa shape index (κ3) is 7.55. The average molecular weight is 198 g/mol. The van der Waals surface area contributed by atoms with Crippen LogP contribution in [0.4, 0.5) is 0 Å². The van der Waals surface area contributed by atoms with Gasteiger partial charge in [0.25, 0.3) is 0 Å². The summed E-state index contributed by atoms with van der Waals surface area (Å²) in [4.78, 5) is 10.6. The third-order valence-corrected chi connectivity index (χ3v) is 1.82. The van der Waals surface area contributed by atoms with Crippen LogP contribution in [0.2, 0.25) is 0 Å². The lowest BCUT2D eigenvalue weighted by Crippen LogP contribution is -2.02. The highest BCUT2D eigenvalue weighted by Crippen LogP contribution is 2.01. The molecule has 0 fully saturated rings. The summed E-state index contributed by atoms with van der Waals surface area (Å²) in [6.07, 6.45) is 8.82. The van der Waals surface area contributed by atoms with Gasteiger partial charge in [-0.05, 0) is 19.3 Å². The Morgan fingerprint density at radius 1 is 1.50 bits per heavy atom. The maximum atomic E-state index is 10.6. The maximum Gasteiger partial charge on any atom is 0.330 e. The molecule has 1 atom stereocenters. The predicted molar refractivity (Wildman–Crippen MR) is 55.8 cm³/mol. The van der Waals surface area contributed by atoms with E-state index < -0.39 is 0 Å². The minimum Gasteiger partial charge on any atom is -0.466 e. The lowest BCUT2D eigenvalue weighted by molar-refractivity contribution is -0.134. The van der Waals surface area contributed by atoms with Crippen LogP contribution in [0.3, 0.4) is 0 Å². The lowest BCUT2D eigenvalue weighted by Gasteiger charge is -2.02. The van der Waals surface area contributed by atoms with Crippen molar-refractivity contribution < 1.29 is 14.6 Å². The fraction of sp³-hybridized carbons (Fsp3) is 0.545. The molecule has 0 rings (SSSR count). The zero-order valence-electron chi connectivity index (χ0n) is 8.77. The molecule has 0 heterocycles. The largest absolute Gasteiger partial charge is 0.466 e. The van der Waals surface area contributed by atoms with Gasteiger partial charge in [-0.25, -0.2) is 4.79 Å². The van der Waals surface area contributed by atoms with Crippen molar-refractivity contribution in [1.29, 1.82) is 0 Å². The number of rotatable bonds is 6.